The number of piperidine rings is 1. The second-order valence-electron chi connectivity index (χ2n) is 9.71. The largest absolute Gasteiger partial charge is 0.492 e. The van der Waals surface area contributed by atoms with Gasteiger partial charge in [-0.2, -0.15) is 5.10 Å². The lowest BCUT2D eigenvalue weighted by atomic mass is 9.98. The fraction of sp³-hybridized carbons (Fsp3) is 0.448. The SMILES string of the molecule is CC.CCN1CCC(COc2ccc(Nc3ncc(F)c(-c4cc(F)c5nn6c(c5c4)CCC6)n3)nc2)CC1. The molecule has 0 aliphatic carbocycles. The first-order valence-corrected chi connectivity index (χ1v) is 13.9. The van der Waals surface area contributed by atoms with Gasteiger partial charge in [0.2, 0.25) is 5.95 Å². The summed E-state index contributed by atoms with van der Waals surface area (Å²) >= 11 is 0. The van der Waals surface area contributed by atoms with Crippen LogP contribution in [-0.2, 0) is 13.0 Å². The number of aryl methyl sites for hydroxylation is 2. The molecule has 0 saturated carbocycles. The van der Waals surface area contributed by atoms with Crippen molar-refractivity contribution in [3.05, 3.63) is 54.0 Å². The van der Waals surface area contributed by atoms with Crippen molar-refractivity contribution in [1.82, 2.24) is 29.6 Å². The molecule has 6 rings (SSSR count). The van der Waals surface area contributed by atoms with Crippen molar-refractivity contribution in [1.29, 1.82) is 0 Å². The van der Waals surface area contributed by atoms with Gasteiger partial charge in [0.25, 0.3) is 0 Å². The van der Waals surface area contributed by atoms with Crippen molar-refractivity contribution < 1.29 is 13.5 Å². The lowest BCUT2D eigenvalue weighted by Gasteiger charge is -2.30. The standard InChI is InChI=1S/C27H29F2N7O.C2H6/c1-2-35-10-7-17(8-11-35)16-37-19-5-6-24(30-14-19)32-27-31-15-22(29)25(33-27)18-12-20-23-4-3-9-36(23)34-26(20)21(28)13-18;1-2/h5-6,12-15,17H,2-4,7-11,16H2,1H3,(H,30,31,32,33);1-2H3. The van der Waals surface area contributed by atoms with E-state index in [1.807, 2.05) is 24.6 Å². The van der Waals surface area contributed by atoms with Crippen molar-refractivity contribution >= 4 is 22.7 Å². The predicted octanol–water partition coefficient (Wildman–Crippen LogP) is 5.99. The molecule has 1 aromatic carbocycles. The normalized spacial score (nSPS) is 15.6. The third-order valence-electron chi connectivity index (χ3n) is 7.32. The molecule has 0 radical (unpaired) electrons. The summed E-state index contributed by atoms with van der Waals surface area (Å²) in [4.78, 5) is 15.2. The number of anilines is 2. The number of benzene rings is 1. The molecule has 1 N–H and O–H groups in total. The Balaban J connectivity index is 0.00000151. The fourth-order valence-electron chi connectivity index (χ4n) is 5.19. The van der Waals surface area contributed by atoms with Crippen molar-refractivity contribution in [2.24, 2.45) is 5.92 Å². The molecule has 4 aromatic rings. The second-order valence-corrected chi connectivity index (χ2v) is 9.71. The Morgan fingerprint density at radius 3 is 2.59 bits per heavy atom. The summed E-state index contributed by atoms with van der Waals surface area (Å²) in [5.74, 6) is 0.795. The lowest BCUT2D eigenvalue weighted by molar-refractivity contribution is 0.145. The van der Waals surface area contributed by atoms with Crippen LogP contribution in [0.15, 0.2) is 36.7 Å². The van der Waals surface area contributed by atoms with E-state index < -0.39 is 11.6 Å². The smallest absolute Gasteiger partial charge is 0.229 e. The lowest BCUT2D eigenvalue weighted by Crippen LogP contribution is -2.35. The highest BCUT2D eigenvalue weighted by Crippen LogP contribution is 2.32. The summed E-state index contributed by atoms with van der Waals surface area (Å²) in [7, 11) is 0. The number of pyridine rings is 1. The molecule has 206 valence electrons. The van der Waals surface area contributed by atoms with Crippen molar-refractivity contribution in [2.75, 3.05) is 31.6 Å². The van der Waals surface area contributed by atoms with Crippen molar-refractivity contribution in [3.8, 4) is 17.0 Å². The van der Waals surface area contributed by atoms with Crippen LogP contribution in [0.5, 0.6) is 5.75 Å². The summed E-state index contributed by atoms with van der Waals surface area (Å²) in [6.07, 6.45) is 6.81. The Morgan fingerprint density at radius 1 is 1.03 bits per heavy atom. The third-order valence-corrected chi connectivity index (χ3v) is 7.32. The van der Waals surface area contributed by atoms with Gasteiger partial charge in [-0.3, -0.25) is 4.68 Å². The molecule has 0 spiro atoms. The van der Waals surface area contributed by atoms with E-state index in [9.17, 15) is 8.78 Å². The van der Waals surface area contributed by atoms with E-state index in [0.29, 0.717) is 40.6 Å². The van der Waals surface area contributed by atoms with Crippen LogP contribution in [0.3, 0.4) is 0 Å². The zero-order valence-electron chi connectivity index (χ0n) is 22.8. The van der Waals surface area contributed by atoms with Gasteiger partial charge in [0.15, 0.2) is 11.6 Å². The Morgan fingerprint density at radius 2 is 1.85 bits per heavy atom. The summed E-state index contributed by atoms with van der Waals surface area (Å²) in [5, 5.41) is 8.06. The van der Waals surface area contributed by atoms with Crippen LogP contribution in [0.25, 0.3) is 22.2 Å². The van der Waals surface area contributed by atoms with Crippen LogP contribution < -0.4 is 10.1 Å². The topological polar surface area (TPSA) is 81.0 Å². The summed E-state index contributed by atoms with van der Waals surface area (Å²) in [6.45, 7) is 11.0. The van der Waals surface area contributed by atoms with Gasteiger partial charge in [-0.15, -0.1) is 0 Å². The molecule has 0 unspecified atom stereocenters. The number of rotatable bonds is 7. The predicted molar refractivity (Wildman–Crippen MR) is 148 cm³/mol. The Hall–Kier alpha value is -3.66. The highest BCUT2D eigenvalue weighted by Gasteiger charge is 2.22. The maximum absolute atomic E-state index is 14.8. The Kier molecular flexibility index (Phi) is 8.30. The molecule has 2 aliphatic heterocycles. The maximum atomic E-state index is 14.8. The van der Waals surface area contributed by atoms with Gasteiger partial charge in [-0.25, -0.2) is 23.7 Å². The van der Waals surface area contributed by atoms with Crippen LogP contribution in [0.2, 0.25) is 0 Å². The minimum absolute atomic E-state index is 0.0188. The van der Waals surface area contributed by atoms with Gasteiger partial charge in [0, 0.05) is 23.2 Å². The third kappa shape index (κ3) is 5.85. The van der Waals surface area contributed by atoms with Crippen LogP contribution in [0.1, 0.15) is 45.7 Å². The van der Waals surface area contributed by atoms with E-state index in [4.69, 9.17) is 4.74 Å². The minimum Gasteiger partial charge on any atom is -0.492 e. The molecule has 2 aliphatic rings. The Labute approximate surface area is 227 Å². The molecule has 3 aromatic heterocycles. The van der Waals surface area contributed by atoms with Gasteiger partial charge in [-0.05, 0) is 75.5 Å². The van der Waals surface area contributed by atoms with E-state index in [1.165, 1.54) is 6.07 Å². The molecule has 10 heteroatoms. The highest BCUT2D eigenvalue weighted by molar-refractivity contribution is 5.87. The van der Waals surface area contributed by atoms with Gasteiger partial charge in [0.1, 0.15) is 22.8 Å². The number of hydrogen-bond donors (Lipinski definition) is 1. The van der Waals surface area contributed by atoms with Crippen LogP contribution >= 0.6 is 0 Å². The van der Waals surface area contributed by atoms with Crippen molar-refractivity contribution in [2.45, 2.75) is 53.0 Å². The fourth-order valence-corrected chi connectivity index (χ4v) is 5.19. The van der Waals surface area contributed by atoms with Crippen LogP contribution in [0, 0.1) is 17.6 Å². The van der Waals surface area contributed by atoms with Crippen LogP contribution in [0.4, 0.5) is 20.5 Å². The zero-order valence-corrected chi connectivity index (χ0v) is 22.8. The maximum Gasteiger partial charge on any atom is 0.229 e. The molecule has 1 fully saturated rings. The number of aromatic nitrogens is 5. The molecule has 5 heterocycles. The number of fused-ring (bicyclic) bond motifs is 3. The number of nitrogens with one attached hydrogen (secondary N) is 1. The molecular weight excluding hydrogens is 500 g/mol. The van der Waals surface area contributed by atoms with E-state index in [1.54, 1.807) is 18.3 Å². The van der Waals surface area contributed by atoms with E-state index >= 15 is 0 Å². The molecule has 39 heavy (non-hydrogen) atoms. The van der Waals surface area contributed by atoms with Gasteiger partial charge < -0.3 is 15.0 Å². The molecule has 0 amide bonds. The molecular formula is C29H35F2N7O. The first-order chi connectivity index (χ1) is 19.1. The average Bonchev–Trinajstić information content (AvgIpc) is 3.58. The van der Waals surface area contributed by atoms with Crippen molar-refractivity contribution in [3.63, 3.8) is 0 Å². The number of hydrogen-bond acceptors (Lipinski definition) is 7. The summed E-state index contributed by atoms with van der Waals surface area (Å²) in [6, 6.07) is 6.64. The monoisotopic (exact) mass is 535 g/mol. The van der Waals surface area contributed by atoms with Gasteiger partial charge in [-0.1, -0.05) is 20.8 Å². The van der Waals surface area contributed by atoms with E-state index in [2.05, 4.69) is 37.2 Å². The second kappa shape index (κ2) is 12.0. The number of likely N-dealkylation sites (tertiary alicyclic amines) is 1. The van der Waals surface area contributed by atoms with E-state index in [-0.39, 0.29) is 11.6 Å². The van der Waals surface area contributed by atoms with Gasteiger partial charge in [0.05, 0.1) is 19.0 Å². The number of nitrogens with zero attached hydrogens (tertiary/aromatic N) is 6. The Bertz CT molecular complexity index is 1420. The zero-order chi connectivity index (χ0) is 27.4. The first kappa shape index (κ1) is 26.9. The quantitative estimate of drug-likeness (QED) is 0.311. The highest BCUT2D eigenvalue weighted by atomic mass is 19.1. The minimum atomic E-state index is -0.630. The van der Waals surface area contributed by atoms with Crippen LogP contribution in [-0.4, -0.2) is 55.9 Å². The van der Waals surface area contributed by atoms with E-state index in [0.717, 1.165) is 63.8 Å². The number of ether oxygens (including phenoxy) is 1. The molecule has 0 atom stereocenters. The number of halogens is 2. The summed E-state index contributed by atoms with van der Waals surface area (Å²) < 4.78 is 37.3. The van der Waals surface area contributed by atoms with Gasteiger partial charge >= 0.3 is 0 Å². The molecule has 8 nitrogen and oxygen atoms in total. The average molecular weight is 536 g/mol. The molecule has 0 bridgehead atoms. The summed E-state index contributed by atoms with van der Waals surface area (Å²) in [5.41, 5.74) is 1.65. The first-order valence-electron chi connectivity index (χ1n) is 13.9. The molecule has 1 saturated heterocycles.